The van der Waals surface area contributed by atoms with Crippen molar-refractivity contribution < 1.29 is 10.2 Å². The van der Waals surface area contributed by atoms with E-state index >= 15 is 0 Å². The Kier molecular flexibility index (Phi) is 5.75. The monoisotopic (exact) mass is 292 g/mol. The first kappa shape index (κ1) is 17.1. The van der Waals surface area contributed by atoms with Crippen molar-refractivity contribution in [2.45, 2.75) is 58.0 Å². The minimum Gasteiger partial charge on any atom is -0.389 e. The molecule has 112 valence electrons. The molecule has 2 atom stereocenters. The predicted molar refractivity (Wildman–Crippen MR) is 88.4 cm³/mol. The molecule has 1 aromatic carbocycles. The first-order valence-corrected chi connectivity index (χ1v) is 11.0. The van der Waals surface area contributed by atoms with Gasteiger partial charge in [-0.3, -0.25) is 0 Å². The predicted octanol–water partition coefficient (Wildman–Crippen LogP) is 3.86. The molecule has 0 aliphatic carbocycles. The van der Waals surface area contributed by atoms with Gasteiger partial charge in [0.2, 0.25) is 0 Å². The summed E-state index contributed by atoms with van der Waals surface area (Å²) >= 11 is 0. The van der Waals surface area contributed by atoms with E-state index in [9.17, 15) is 10.2 Å². The quantitative estimate of drug-likeness (QED) is 0.782. The van der Waals surface area contributed by atoms with Crippen molar-refractivity contribution in [3.63, 3.8) is 0 Å². The van der Waals surface area contributed by atoms with Gasteiger partial charge >= 0.3 is 0 Å². The molecular weight excluding hydrogens is 264 g/mol. The zero-order chi connectivity index (χ0) is 15.4. The summed E-state index contributed by atoms with van der Waals surface area (Å²) in [6.07, 6.45) is 0.996. The van der Waals surface area contributed by atoms with Crippen LogP contribution in [-0.2, 0) is 5.60 Å². The van der Waals surface area contributed by atoms with Crippen LogP contribution < -0.4 is 0 Å². The lowest BCUT2D eigenvalue weighted by Gasteiger charge is -2.32. The Hall–Kier alpha value is -0.903. The van der Waals surface area contributed by atoms with E-state index in [0.29, 0.717) is 6.42 Å². The number of hydrogen-bond donors (Lipinski definition) is 2. The zero-order valence-corrected chi connectivity index (χ0v) is 14.4. The fraction of sp³-hybridized carbons (Fsp3) is 0.529. The van der Waals surface area contributed by atoms with Crippen LogP contribution in [0.3, 0.4) is 0 Å². The maximum atomic E-state index is 11.0. The van der Waals surface area contributed by atoms with Gasteiger partial charge in [-0.15, -0.1) is 0 Å². The normalized spacial score (nSPS) is 17.6. The van der Waals surface area contributed by atoms with Gasteiger partial charge in [0.05, 0.1) is 14.2 Å². The van der Waals surface area contributed by atoms with Crippen molar-refractivity contribution >= 4 is 8.07 Å². The van der Waals surface area contributed by atoms with Crippen LogP contribution in [0.15, 0.2) is 41.6 Å². The van der Waals surface area contributed by atoms with Crippen LogP contribution in [0.2, 0.25) is 19.6 Å². The summed E-state index contributed by atoms with van der Waals surface area (Å²) in [6.45, 7) is 10.5. The van der Waals surface area contributed by atoms with Gasteiger partial charge in [-0.2, -0.15) is 0 Å². The molecule has 1 aromatic rings. The highest BCUT2D eigenvalue weighted by atomic mass is 28.3. The van der Waals surface area contributed by atoms with Gasteiger partial charge in [-0.1, -0.05) is 69.0 Å². The summed E-state index contributed by atoms with van der Waals surface area (Å²) in [7, 11) is -1.54. The highest BCUT2D eigenvalue weighted by Crippen LogP contribution is 2.33. The van der Waals surface area contributed by atoms with E-state index in [2.05, 4.69) is 25.3 Å². The summed E-state index contributed by atoms with van der Waals surface area (Å²) in [4.78, 5) is 0. The third-order valence-electron chi connectivity index (χ3n) is 3.41. The van der Waals surface area contributed by atoms with Crippen LogP contribution in [0.25, 0.3) is 0 Å². The largest absolute Gasteiger partial charge is 0.389 e. The molecule has 0 saturated heterocycles. The second-order valence-corrected chi connectivity index (χ2v) is 11.7. The van der Waals surface area contributed by atoms with E-state index in [-0.39, 0.29) is 0 Å². The fourth-order valence-corrected chi connectivity index (χ4v) is 3.79. The van der Waals surface area contributed by atoms with Gasteiger partial charge in [0.1, 0.15) is 5.60 Å². The van der Waals surface area contributed by atoms with Crippen LogP contribution in [0, 0.1) is 0 Å². The van der Waals surface area contributed by atoms with Crippen LogP contribution >= 0.6 is 0 Å². The lowest BCUT2D eigenvalue weighted by molar-refractivity contribution is 0.0599. The van der Waals surface area contributed by atoms with Crippen molar-refractivity contribution in [3.8, 4) is 0 Å². The molecular formula is C17H28O2Si. The van der Waals surface area contributed by atoms with E-state index < -0.39 is 19.8 Å². The minimum absolute atomic E-state index is 0.582. The van der Waals surface area contributed by atoms with E-state index in [1.807, 2.05) is 37.3 Å². The summed E-state index contributed by atoms with van der Waals surface area (Å²) in [5.74, 6) is 0. The molecule has 2 N–H and O–H groups in total. The van der Waals surface area contributed by atoms with E-state index in [4.69, 9.17) is 0 Å². The number of benzene rings is 1. The Morgan fingerprint density at radius 1 is 1.25 bits per heavy atom. The molecule has 1 rings (SSSR count). The minimum atomic E-state index is -1.54. The summed E-state index contributed by atoms with van der Waals surface area (Å²) < 4.78 is 0. The molecule has 3 heteroatoms. The second kappa shape index (κ2) is 6.70. The maximum absolute atomic E-state index is 11.0. The second-order valence-electron chi connectivity index (χ2n) is 6.71. The first-order chi connectivity index (χ1) is 9.18. The molecule has 0 bridgehead atoms. The Balaban J connectivity index is 3.26. The molecule has 0 aromatic heterocycles. The van der Waals surface area contributed by atoms with Crippen molar-refractivity contribution in [1.82, 2.24) is 0 Å². The number of hydrogen-bond acceptors (Lipinski definition) is 2. The van der Waals surface area contributed by atoms with Crippen molar-refractivity contribution in [2.75, 3.05) is 0 Å². The third-order valence-corrected chi connectivity index (χ3v) is 4.58. The molecule has 0 radical (unpaired) electrons. The summed E-state index contributed by atoms with van der Waals surface area (Å²) in [5.41, 5.74) is 2.61. The number of aliphatic hydroxyl groups is 2. The topological polar surface area (TPSA) is 40.5 Å². The van der Waals surface area contributed by atoms with Crippen LogP contribution in [-0.4, -0.2) is 24.4 Å². The average Bonchev–Trinajstić information content (AvgIpc) is 2.36. The van der Waals surface area contributed by atoms with Gasteiger partial charge in [0.15, 0.2) is 0 Å². The maximum Gasteiger partial charge on any atom is 0.110 e. The zero-order valence-electron chi connectivity index (χ0n) is 13.4. The third kappa shape index (κ3) is 4.58. The fourth-order valence-electron chi connectivity index (χ4n) is 2.39. The molecule has 0 saturated carbocycles. The molecule has 20 heavy (non-hydrogen) atoms. The van der Waals surface area contributed by atoms with Crippen LogP contribution in [0.1, 0.15) is 32.3 Å². The molecule has 0 heterocycles. The van der Waals surface area contributed by atoms with Crippen molar-refractivity contribution in [1.29, 1.82) is 0 Å². The Bertz CT molecular complexity index is 444. The SMILES string of the molecule is CCC[C@@H](O)/C(=C\[Si](C)(C)C)[C@@](C)(O)c1ccccc1. The lowest BCUT2D eigenvalue weighted by Crippen LogP contribution is -2.34. The van der Waals surface area contributed by atoms with Crippen molar-refractivity contribution in [2.24, 2.45) is 0 Å². The van der Waals surface area contributed by atoms with Gasteiger partial charge in [-0.05, 0) is 24.5 Å². The molecule has 0 aliphatic rings. The molecule has 0 amide bonds. The van der Waals surface area contributed by atoms with E-state index in [1.54, 1.807) is 6.92 Å². The molecule has 0 unspecified atom stereocenters. The standard InChI is InChI=1S/C17H28O2Si/c1-6-10-16(18)15(13-20(3,4)5)17(2,19)14-11-8-7-9-12-14/h7-9,11-13,16,18-19H,6,10H2,1-5H3/b15-13+/t16-,17+/m1/s1. The molecule has 0 spiro atoms. The first-order valence-electron chi connectivity index (χ1n) is 7.37. The van der Waals surface area contributed by atoms with E-state index in [0.717, 1.165) is 17.6 Å². The summed E-state index contributed by atoms with van der Waals surface area (Å²) in [6, 6.07) is 9.60. The van der Waals surface area contributed by atoms with Gasteiger partial charge in [0.25, 0.3) is 0 Å². The number of rotatable bonds is 6. The smallest absolute Gasteiger partial charge is 0.110 e. The highest BCUT2D eigenvalue weighted by Gasteiger charge is 2.33. The number of aliphatic hydroxyl groups excluding tert-OH is 1. The summed E-state index contributed by atoms with van der Waals surface area (Å²) in [5, 5.41) is 21.5. The average molecular weight is 292 g/mol. The van der Waals surface area contributed by atoms with Crippen LogP contribution in [0.5, 0.6) is 0 Å². The Labute approximate surface area is 124 Å². The molecule has 2 nitrogen and oxygen atoms in total. The van der Waals surface area contributed by atoms with Crippen molar-refractivity contribution in [3.05, 3.63) is 47.2 Å². The Morgan fingerprint density at radius 2 is 1.80 bits per heavy atom. The lowest BCUT2D eigenvalue weighted by atomic mass is 9.84. The van der Waals surface area contributed by atoms with Gasteiger partial charge in [-0.25, -0.2) is 0 Å². The van der Waals surface area contributed by atoms with Gasteiger partial charge < -0.3 is 10.2 Å². The van der Waals surface area contributed by atoms with Crippen LogP contribution in [0.4, 0.5) is 0 Å². The molecule has 0 fully saturated rings. The highest BCUT2D eigenvalue weighted by molar-refractivity contribution is 6.81. The van der Waals surface area contributed by atoms with E-state index in [1.165, 1.54) is 0 Å². The molecule has 0 aliphatic heterocycles. The van der Waals surface area contributed by atoms with Gasteiger partial charge in [0, 0.05) is 0 Å². The Morgan fingerprint density at radius 3 is 2.25 bits per heavy atom.